The van der Waals surface area contributed by atoms with E-state index in [4.69, 9.17) is 4.42 Å². The van der Waals surface area contributed by atoms with Crippen molar-refractivity contribution < 1.29 is 9.21 Å². The van der Waals surface area contributed by atoms with Gasteiger partial charge in [0.25, 0.3) is 5.91 Å². The summed E-state index contributed by atoms with van der Waals surface area (Å²) >= 11 is 3.37. The second-order valence-electron chi connectivity index (χ2n) is 6.85. The van der Waals surface area contributed by atoms with E-state index in [2.05, 4.69) is 46.1 Å². The molecule has 28 heavy (non-hydrogen) atoms. The Labute approximate surface area is 171 Å². The molecular weight excluding hydrogens is 416 g/mol. The molecule has 4 rings (SSSR count). The molecule has 4 aromatic rings. The van der Waals surface area contributed by atoms with Gasteiger partial charge in [0.2, 0.25) is 0 Å². The van der Waals surface area contributed by atoms with Gasteiger partial charge in [-0.1, -0.05) is 28.1 Å². The van der Waals surface area contributed by atoms with E-state index < -0.39 is 0 Å². The number of aromatic nitrogens is 1. The zero-order valence-corrected chi connectivity index (χ0v) is 17.2. The number of aryl methyl sites for hydroxylation is 2. The van der Waals surface area contributed by atoms with Crippen molar-refractivity contribution in [2.45, 2.75) is 20.3 Å². The molecule has 0 aliphatic heterocycles. The molecule has 0 bridgehead atoms. The van der Waals surface area contributed by atoms with Crippen LogP contribution < -0.4 is 5.32 Å². The van der Waals surface area contributed by atoms with E-state index in [0.717, 1.165) is 26.8 Å². The van der Waals surface area contributed by atoms with Crippen LogP contribution in [0.1, 0.15) is 32.9 Å². The van der Waals surface area contributed by atoms with Crippen LogP contribution >= 0.6 is 15.9 Å². The molecule has 0 saturated heterocycles. The highest BCUT2D eigenvalue weighted by Gasteiger charge is 2.09. The molecule has 1 amide bonds. The van der Waals surface area contributed by atoms with Crippen molar-refractivity contribution in [3.05, 3.63) is 93.3 Å². The Morgan fingerprint density at radius 1 is 1.00 bits per heavy atom. The fraction of sp³-hybridized carbons (Fsp3) is 0.130. The molecule has 0 saturated carbocycles. The lowest BCUT2D eigenvalue weighted by Gasteiger charge is -2.06. The Morgan fingerprint density at radius 3 is 2.39 bits per heavy atom. The second kappa shape index (κ2) is 7.60. The van der Waals surface area contributed by atoms with E-state index in [1.54, 1.807) is 12.1 Å². The monoisotopic (exact) mass is 434 g/mol. The molecule has 0 radical (unpaired) electrons. The first-order valence-corrected chi connectivity index (χ1v) is 9.80. The summed E-state index contributed by atoms with van der Waals surface area (Å²) in [5.41, 5.74) is 6.54. The fourth-order valence-corrected chi connectivity index (χ4v) is 3.25. The average Bonchev–Trinajstić information content (AvgIpc) is 3.05. The SMILES string of the molecule is Cc1cc2nc(Cc3ccc(NC(=O)c4ccc(Br)cc4)cc3)oc2cc1C. The third-order valence-electron chi connectivity index (χ3n) is 4.72. The number of amides is 1. The molecule has 4 nitrogen and oxygen atoms in total. The first-order chi connectivity index (χ1) is 13.5. The summed E-state index contributed by atoms with van der Waals surface area (Å²) in [6.45, 7) is 4.14. The van der Waals surface area contributed by atoms with E-state index in [-0.39, 0.29) is 5.91 Å². The molecule has 0 aliphatic carbocycles. The molecule has 140 valence electrons. The lowest BCUT2D eigenvalue weighted by molar-refractivity contribution is 0.102. The van der Waals surface area contributed by atoms with Gasteiger partial charge in [0.05, 0.1) is 0 Å². The fourth-order valence-electron chi connectivity index (χ4n) is 2.99. The smallest absolute Gasteiger partial charge is 0.255 e. The highest BCUT2D eigenvalue weighted by atomic mass is 79.9. The van der Waals surface area contributed by atoms with E-state index in [9.17, 15) is 4.79 Å². The number of anilines is 1. The maximum absolute atomic E-state index is 12.3. The Bertz CT molecular complexity index is 1110. The predicted molar refractivity (Wildman–Crippen MR) is 115 cm³/mol. The highest BCUT2D eigenvalue weighted by molar-refractivity contribution is 9.10. The lowest BCUT2D eigenvalue weighted by atomic mass is 10.1. The number of oxazole rings is 1. The van der Waals surface area contributed by atoms with Gasteiger partial charge in [-0.2, -0.15) is 0 Å². The lowest BCUT2D eigenvalue weighted by Crippen LogP contribution is -2.11. The third kappa shape index (κ3) is 3.99. The predicted octanol–water partition coefficient (Wildman–Crippen LogP) is 6.05. The summed E-state index contributed by atoms with van der Waals surface area (Å²) in [5.74, 6) is 0.552. The van der Waals surface area contributed by atoms with Crippen LogP contribution in [-0.2, 0) is 6.42 Å². The van der Waals surface area contributed by atoms with Gasteiger partial charge in [-0.3, -0.25) is 4.79 Å². The number of benzene rings is 3. The highest BCUT2D eigenvalue weighted by Crippen LogP contribution is 2.22. The number of hydrogen-bond acceptors (Lipinski definition) is 3. The van der Waals surface area contributed by atoms with Crippen molar-refractivity contribution in [3.63, 3.8) is 0 Å². The Hall–Kier alpha value is -2.92. The summed E-state index contributed by atoms with van der Waals surface area (Å²) in [5, 5.41) is 2.91. The molecule has 0 atom stereocenters. The van der Waals surface area contributed by atoms with Crippen LogP contribution in [0.4, 0.5) is 5.69 Å². The van der Waals surface area contributed by atoms with Gasteiger partial charge < -0.3 is 9.73 Å². The zero-order valence-electron chi connectivity index (χ0n) is 15.6. The van der Waals surface area contributed by atoms with Crippen molar-refractivity contribution in [2.24, 2.45) is 0 Å². The number of rotatable bonds is 4. The zero-order chi connectivity index (χ0) is 19.7. The van der Waals surface area contributed by atoms with Crippen LogP contribution in [0.15, 0.2) is 69.6 Å². The second-order valence-corrected chi connectivity index (χ2v) is 7.76. The molecule has 1 aromatic heterocycles. The van der Waals surface area contributed by atoms with E-state index in [1.165, 1.54) is 11.1 Å². The standard InChI is InChI=1S/C23H19BrN2O2/c1-14-11-20-21(12-15(14)2)28-22(26-20)13-16-3-9-19(10-4-16)25-23(27)17-5-7-18(24)8-6-17/h3-12H,13H2,1-2H3,(H,25,27). The molecule has 1 N–H and O–H groups in total. The number of nitrogens with zero attached hydrogens (tertiary/aromatic N) is 1. The van der Waals surface area contributed by atoms with Gasteiger partial charge in [-0.15, -0.1) is 0 Å². The van der Waals surface area contributed by atoms with Gasteiger partial charge in [-0.25, -0.2) is 4.98 Å². The minimum Gasteiger partial charge on any atom is -0.440 e. The molecule has 0 unspecified atom stereocenters. The Kier molecular flexibility index (Phi) is 5.01. The van der Waals surface area contributed by atoms with Crippen molar-refractivity contribution in [2.75, 3.05) is 5.32 Å². The minimum absolute atomic E-state index is 0.134. The molecule has 0 fully saturated rings. The van der Waals surface area contributed by atoms with Gasteiger partial charge in [0.15, 0.2) is 11.5 Å². The van der Waals surface area contributed by atoms with E-state index in [1.807, 2.05) is 42.5 Å². The first-order valence-electron chi connectivity index (χ1n) is 9.00. The van der Waals surface area contributed by atoms with Gasteiger partial charge in [0, 0.05) is 22.1 Å². The molecule has 1 heterocycles. The van der Waals surface area contributed by atoms with Gasteiger partial charge in [0.1, 0.15) is 5.52 Å². The van der Waals surface area contributed by atoms with Crippen molar-refractivity contribution in [1.29, 1.82) is 0 Å². The summed E-state index contributed by atoms with van der Waals surface area (Å²) in [4.78, 5) is 16.9. The van der Waals surface area contributed by atoms with E-state index >= 15 is 0 Å². The average molecular weight is 435 g/mol. The maximum atomic E-state index is 12.3. The van der Waals surface area contributed by atoms with Crippen molar-refractivity contribution in [3.8, 4) is 0 Å². The minimum atomic E-state index is -0.134. The van der Waals surface area contributed by atoms with Crippen molar-refractivity contribution in [1.82, 2.24) is 4.98 Å². The van der Waals surface area contributed by atoms with Crippen LogP contribution in [0.5, 0.6) is 0 Å². The number of carbonyl (C=O) groups excluding carboxylic acids is 1. The molecule has 0 spiro atoms. The van der Waals surface area contributed by atoms with Crippen LogP contribution in [0, 0.1) is 13.8 Å². The molecular formula is C23H19BrN2O2. The summed E-state index contributed by atoms with van der Waals surface area (Å²) in [7, 11) is 0. The van der Waals surface area contributed by atoms with Crippen molar-refractivity contribution >= 4 is 38.6 Å². The Balaban J connectivity index is 1.46. The van der Waals surface area contributed by atoms with E-state index in [0.29, 0.717) is 17.9 Å². The quantitative estimate of drug-likeness (QED) is 0.425. The van der Waals surface area contributed by atoms with Gasteiger partial charge in [-0.05, 0) is 79.1 Å². The number of nitrogens with one attached hydrogen (secondary N) is 1. The third-order valence-corrected chi connectivity index (χ3v) is 5.25. The summed E-state index contributed by atoms with van der Waals surface area (Å²) in [6.07, 6.45) is 0.605. The van der Waals surface area contributed by atoms with Crippen LogP contribution in [-0.4, -0.2) is 10.9 Å². The van der Waals surface area contributed by atoms with Crippen LogP contribution in [0.2, 0.25) is 0 Å². The largest absolute Gasteiger partial charge is 0.440 e. The number of hydrogen-bond donors (Lipinski definition) is 1. The summed E-state index contributed by atoms with van der Waals surface area (Å²) < 4.78 is 6.83. The van der Waals surface area contributed by atoms with Gasteiger partial charge >= 0.3 is 0 Å². The number of halogens is 1. The normalized spacial score (nSPS) is 11.0. The first kappa shape index (κ1) is 18.4. The number of fused-ring (bicyclic) bond motifs is 1. The molecule has 3 aromatic carbocycles. The molecule has 0 aliphatic rings. The molecule has 5 heteroatoms. The number of carbonyl (C=O) groups is 1. The van der Waals surface area contributed by atoms with Crippen LogP contribution in [0.3, 0.4) is 0 Å². The Morgan fingerprint density at radius 2 is 1.68 bits per heavy atom. The maximum Gasteiger partial charge on any atom is 0.255 e. The summed E-state index contributed by atoms with van der Waals surface area (Å²) in [6, 6.07) is 19.1. The van der Waals surface area contributed by atoms with Crippen LogP contribution in [0.25, 0.3) is 11.1 Å². The topological polar surface area (TPSA) is 55.1 Å².